The van der Waals surface area contributed by atoms with Crippen LogP contribution < -0.4 is 0 Å². The Labute approximate surface area is 119 Å². The molecule has 20 heavy (non-hydrogen) atoms. The monoisotopic (exact) mass is 272 g/mol. The highest BCUT2D eigenvalue weighted by Gasteiger charge is 2.28. The molecule has 106 valence electrons. The van der Waals surface area contributed by atoms with Crippen molar-refractivity contribution in [3.05, 3.63) is 35.9 Å². The predicted molar refractivity (Wildman–Crippen MR) is 75.6 cm³/mol. The molecule has 0 radical (unpaired) electrons. The first kappa shape index (κ1) is 14.5. The van der Waals surface area contributed by atoms with E-state index < -0.39 is 5.92 Å². The molecule has 0 aliphatic carbocycles. The van der Waals surface area contributed by atoms with Crippen LogP contribution in [-0.2, 0) is 11.2 Å². The molecule has 0 aromatic heterocycles. The predicted octanol–water partition coefficient (Wildman–Crippen LogP) is 1.60. The minimum atomic E-state index is -0.630. The van der Waals surface area contributed by atoms with Gasteiger partial charge in [0.2, 0.25) is 5.91 Å². The molecule has 1 aromatic carbocycles. The SMILES string of the molecule is N#CC(Cc1ccccc1)C(=O)N1CCCC(CO)C1. The van der Waals surface area contributed by atoms with E-state index in [1.165, 1.54) is 0 Å². The molecule has 1 aromatic rings. The summed E-state index contributed by atoms with van der Waals surface area (Å²) in [5, 5.41) is 18.5. The smallest absolute Gasteiger partial charge is 0.240 e. The molecule has 1 amide bonds. The number of amides is 1. The lowest BCUT2D eigenvalue weighted by Crippen LogP contribution is -2.44. The van der Waals surface area contributed by atoms with E-state index in [4.69, 9.17) is 0 Å². The lowest BCUT2D eigenvalue weighted by Gasteiger charge is -2.33. The van der Waals surface area contributed by atoms with E-state index >= 15 is 0 Å². The molecule has 2 atom stereocenters. The standard InChI is InChI=1S/C16H20N2O2/c17-10-15(9-13-5-2-1-3-6-13)16(20)18-8-4-7-14(11-18)12-19/h1-3,5-6,14-15,19H,4,7-9,11-12H2. The molecule has 1 heterocycles. The molecule has 1 aliphatic rings. The number of carbonyl (C=O) groups is 1. The van der Waals surface area contributed by atoms with E-state index in [-0.39, 0.29) is 18.4 Å². The van der Waals surface area contributed by atoms with E-state index in [1.807, 2.05) is 30.3 Å². The molecular weight excluding hydrogens is 252 g/mol. The third-order valence-electron chi connectivity index (χ3n) is 3.83. The number of nitriles is 1. The maximum Gasteiger partial charge on any atom is 0.240 e. The molecule has 1 aliphatic heterocycles. The molecule has 0 spiro atoms. The highest BCUT2D eigenvalue weighted by atomic mass is 16.3. The van der Waals surface area contributed by atoms with Crippen LogP contribution in [0.4, 0.5) is 0 Å². The first-order chi connectivity index (χ1) is 9.74. The number of aliphatic hydroxyl groups excluding tert-OH is 1. The van der Waals surface area contributed by atoms with Gasteiger partial charge in [0.25, 0.3) is 0 Å². The van der Waals surface area contributed by atoms with Gasteiger partial charge in [0.15, 0.2) is 0 Å². The van der Waals surface area contributed by atoms with Crippen LogP contribution in [0.25, 0.3) is 0 Å². The number of hydrogen-bond donors (Lipinski definition) is 1. The molecule has 2 rings (SSSR count). The Morgan fingerprint density at radius 2 is 2.20 bits per heavy atom. The molecule has 1 fully saturated rings. The minimum Gasteiger partial charge on any atom is -0.396 e. The van der Waals surface area contributed by atoms with Gasteiger partial charge >= 0.3 is 0 Å². The first-order valence-electron chi connectivity index (χ1n) is 7.07. The quantitative estimate of drug-likeness (QED) is 0.905. The zero-order valence-corrected chi connectivity index (χ0v) is 11.5. The maximum absolute atomic E-state index is 12.4. The number of carbonyl (C=O) groups excluding carboxylic acids is 1. The Morgan fingerprint density at radius 1 is 1.45 bits per heavy atom. The summed E-state index contributed by atoms with van der Waals surface area (Å²) in [5.74, 6) is -0.576. The molecule has 0 bridgehead atoms. The van der Waals surface area contributed by atoms with Crippen LogP contribution in [-0.4, -0.2) is 35.6 Å². The summed E-state index contributed by atoms with van der Waals surface area (Å²) in [6.45, 7) is 1.38. The van der Waals surface area contributed by atoms with E-state index in [0.717, 1.165) is 18.4 Å². The van der Waals surface area contributed by atoms with Gasteiger partial charge in [-0.3, -0.25) is 4.79 Å². The van der Waals surface area contributed by atoms with Crippen LogP contribution in [0.5, 0.6) is 0 Å². The Balaban J connectivity index is 2.00. The second-order valence-corrected chi connectivity index (χ2v) is 5.35. The van der Waals surface area contributed by atoms with Crippen molar-refractivity contribution in [2.24, 2.45) is 11.8 Å². The lowest BCUT2D eigenvalue weighted by molar-refractivity contribution is -0.135. The second-order valence-electron chi connectivity index (χ2n) is 5.35. The average molecular weight is 272 g/mol. The van der Waals surface area contributed by atoms with Gasteiger partial charge in [-0.2, -0.15) is 5.26 Å². The molecule has 0 saturated carbocycles. The zero-order chi connectivity index (χ0) is 14.4. The summed E-state index contributed by atoms with van der Waals surface area (Å²) in [7, 11) is 0. The van der Waals surface area contributed by atoms with Gasteiger partial charge in [0.05, 0.1) is 6.07 Å². The van der Waals surface area contributed by atoms with E-state index in [9.17, 15) is 15.2 Å². The Morgan fingerprint density at radius 3 is 2.85 bits per heavy atom. The first-order valence-corrected chi connectivity index (χ1v) is 7.07. The highest BCUT2D eigenvalue weighted by molar-refractivity contribution is 5.81. The number of aliphatic hydroxyl groups is 1. The molecule has 4 heteroatoms. The van der Waals surface area contributed by atoms with Gasteiger partial charge in [-0.05, 0) is 30.7 Å². The van der Waals surface area contributed by atoms with Gasteiger partial charge < -0.3 is 10.0 Å². The zero-order valence-electron chi connectivity index (χ0n) is 11.5. The maximum atomic E-state index is 12.4. The number of benzene rings is 1. The second kappa shape index (κ2) is 7.06. The topological polar surface area (TPSA) is 64.3 Å². The van der Waals surface area contributed by atoms with Gasteiger partial charge in [-0.25, -0.2) is 0 Å². The summed E-state index contributed by atoms with van der Waals surface area (Å²) >= 11 is 0. The van der Waals surface area contributed by atoms with Crippen LogP contribution in [0.3, 0.4) is 0 Å². The van der Waals surface area contributed by atoms with Crippen molar-refractivity contribution in [2.45, 2.75) is 19.3 Å². The van der Waals surface area contributed by atoms with Crippen LogP contribution in [0, 0.1) is 23.2 Å². The number of likely N-dealkylation sites (tertiary alicyclic amines) is 1. The summed E-state index contributed by atoms with van der Waals surface area (Å²) in [5.41, 5.74) is 1.00. The van der Waals surface area contributed by atoms with Crippen LogP contribution in [0.2, 0.25) is 0 Å². The summed E-state index contributed by atoms with van der Waals surface area (Å²) in [6.07, 6.45) is 2.31. The van der Waals surface area contributed by atoms with Gasteiger partial charge in [-0.1, -0.05) is 30.3 Å². The summed E-state index contributed by atoms with van der Waals surface area (Å²) in [4.78, 5) is 14.2. The normalized spacial score (nSPS) is 20.2. The van der Waals surface area contributed by atoms with Crippen molar-refractivity contribution in [3.63, 3.8) is 0 Å². The fourth-order valence-corrected chi connectivity index (χ4v) is 2.67. The van der Waals surface area contributed by atoms with Gasteiger partial charge in [0, 0.05) is 19.7 Å². The minimum absolute atomic E-state index is 0.102. The molecule has 1 saturated heterocycles. The van der Waals surface area contributed by atoms with Crippen LogP contribution in [0.15, 0.2) is 30.3 Å². The Hall–Kier alpha value is -1.86. The van der Waals surface area contributed by atoms with Crippen molar-refractivity contribution in [1.29, 1.82) is 5.26 Å². The lowest BCUT2D eigenvalue weighted by atomic mass is 9.95. The molecule has 2 unspecified atom stereocenters. The fraction of sp³-hybridized carbons (Fsp3) is 0.500. The fourth-order valence-electron chi connectivity index (χ4n) is 2.67. The molecule has 1 N–H and O–H groups in total. The number of piperidine rings is 1. The molecular formula is C16H20N2O2. The van der Waals surface area contributed by atoms with E-state index in [2.05, 4.69) is 6.07 Å². The number of nitrogens with zero attached hydrogens (tertiary/aromatic N) is 2. The van der Waals surface area contributed by atoms with Crippen LogP contribution in [0.1, 0.15) is 18.4 Å². The summed E-state index contributed by atoms with van der Waals surface area (Å²) < 4.78 is 0. The molecule has 4 nitrogen and oxygen atoms in total. The summed E-state index contributed by atoms with van der Waals surface area (Å²) in [6, 6.07) is 11.7. The van der Waals surface area contributed by atoms with Crippen molar-refractivity contribution < 1.29 is 9.90 Å². The highest BCUT2D eigenvalue weighted by Crippen LogP contribution is 2.19. The van der Waals surface area contributed by atoms with Crippen molar-refractivity contribution in [1.82, 2.24) is 4.90 Å². The van der Waals surface area contributed by atoms with Crippen molar-refractivity contribution in [2.75, 3.05) is 19.7 Å². The largest absolute Gasteiger partial charge is 0.396 e. The third kappa shape index (κ3) is 3.58. The number of hydrogen-bond acceptors (Lipinski definition) is 3. The van der Waals surface area contributed by atoms with Crippen molar-refractivity contribution >= 4 is 5.91 Å². The average Bonchev–Trinajstić information content (AvgIpc) is 2.53. The third-order valence-corrected chi connectivity index (χ3v) is 3.83. The Kier molecular flexibility index (Phi) is 5.14. The number of rotatable bonds is 4. The van der Waals surface area contributed by atoms with E-state index in [1.54, 1.807) is 4.90 Å². The Bertz CT molecular complexity index is 481. The van der Waals surface area contributed by atoms with Crippen molar-refractivity contribution in [3.8, 4) is 6.07 Å². The van der Waals surface area contributed by atoms with Crippen LogP contribution >= 0.6 is 0 Å². The van der Waals surface area contributed by atoms with Gasteiger partial charge in [-0.15, -0.1) is 0 Å². The van der Waals surface area contributed by atoms with E-state index in [0.29, 0.717) is 19.5 Å². The van der Waals surface area contributed by atoms with Gasteiger partial charge in [0.1, 0.15) is 5.92 Å².